The van der Waals surface area contributed by atoms with Crippen molar-refractivity contribution in [2.75, 3.05) is 25.5 Å². The van der Waals surface area contributed by atoms with Gasteiger partial charge in [0.2, 0.25) is 5.28 Å². The number of hydrogen-bond donors (Lipinski definition) is 1. The summed E-state index contributed by atoms with van der Waals surface area (Å²) in [5, 5.41) is 3.65. The first-order chi connectivity index (χ1) is 6.68. The van der Waals surface area contributed by atoms with Gasteiger partial charge in [-0.25, -0.2) is 9.97 Å². The van der Waals surface area contributed by atoms with E-state index in [-0.39, 0.29) is 0 Å². The molecule has 2 heterocycles. The van der Waals surface area contributed by atoms with Crippen molar-refractivity contribution >= 4 is 17.4 Å². The van der Waals surface area contributed by atoms with E-state index in [1.807, 2.05) is 19.0 Å². The molecule has 0 amide bonds. The van der Waals surface area contributed by atoms with E-state index in [9.17, 15) is 0 Å². The van der Waals surface area contributed by atoms with Gasteiger partial charge in [0, 0.05) is 39.2 Å². The first-order valence-electron chi connectivity index (χ1n) is 4.62. The summed E-state index contributed by atoms with van der Waals surface area (Å²) in [6.07, 6.45) is 0.929. The number of nitrogens with zero attached hydrogens (tertiary/aromatic N) is 3. The van der Waals surface area contributed by atoms with Crippen LogP contribution in [0.2, 0.25) is 5.28 Å². The highest BCUT2D eigenvalue weighted by atomic mass is 35.5. The van der Waals surface area contributed by atoms with Crippen LogP contribution in [0.4, 0.5) is 5.82 Å². The number of rotatable bonds is 1. The minimum absolute atomic E-state index is 0.342. The van der Waals surface area contributed by atoms with Crippen molar-refractivity contribution in [1.82, 2.24) is 15.3 Å². The van der Waals surface area contributed by atoms with E-state index in [0.29, 0.717) is 5.28 Å². The number of fused-ring (bicyclic) bond motifs is 1. The minimum atomic E-state index is 0.342. The van der Waals surface area contributed by atoms with Crippen molar-refractivity contribution in [3.63, 3.8) is 0 Å². The molecule has 1 aliphatic heterocycles. The smallest absolute Gasteiger partial charge is 0.224 e. The molecule has 0 unspecified atom stereocenters. The van der Waals surface area contributed by atoms with Gasteiger partial charge in [-0.15, -0.1) is 0 Å². The molecule has 1 aliphatic rings. The van der Waals surface area contributed by atoms with Crippen LogP contribution in [0.3, 0.4) is 0 Å². The predicted molar refractivity (Wildman–Crippen MR) is 56.8 cm³/mol. The summed E-state index contributed by atoms with van der Waals surface area (Å²) < 4.78 is 0. The van der Waals surface area contributed by atoms with Gasteiger partial charge in [-0.3, -0.25) is 0 Å². The summed E-state index contributed by atoms with van der Waals surface area (Å²) in [4.78, 5) is 10.4. The van der Waals surface area contributed by atoms with Gasteiger partial charge in [-0.2, -0.15) is 0 Å². The van der Waals surface area contributed by atoms with Crippen LogP contribution in [0.25, 0.3) is 0 Å². The van der Waals surface area contributed by atoms with E-state index < -0.39 is 0 Å². The highest BCUT2D eigenvalue weighted by molar-refractivity contribution is 6.28. The number of halogens is 1. The standard InChI is InChI=1S/C9H13ClN4/c1-14(2)8-6-5-11-4-3-7(6)12-9(10)13-8/h11H,3-5H2,1-2H3. The lowest BCUT2D eigenvalue weighted by Gasteiger charge is -2.22. The van der Waals surface area contributed by atoms with Crippen molar-refractivity contribution < 1.29 is 0 Å². The van der Waals surface area contributed by atoms with E-state index in [1.165, 1.54) is 5.56 Å². The molecule has 0 saturated carbocycles. The molecule has 0 spiro atoms. The fourth-order valence-corrected chi connectivity index (χ4v) is 1.85. The van der Waals surface area contributed by atoms with Crippen molar-refractivity contribution in [3.8, 4) is 0 Å². The third-order valence-corrected chi connectivity index (χ3v) is 2.48. The van der Waals surface area contributed by atoms with E-state index >= 15 is 0 Å². The van der Waals surface area contributed by atoms with Crippen molar-refractivity contribution in [2.45, 2.75) is 13.0 Å². The second-order valence-corrected chi connectivity index (χ2v) is 3.90. The lowest BCUT2D eigenvalue weighted by atomic mass is 10.1. The van der Waals surface area contributed by atoms with Crippen LogP contribution in [0.5, 0.6) is 0 Å². The zero-order valence-electron chi connectivity index (χ0n) is 8.34. The molecule has 1 aromatic rings. The number of aromatic nitrogens is 2. The Morgan fingerprint density at radius 3 is 2.86 bits per heavy atom. The highest BCUT2D eigenvalue weighted by Gasteiger charge is 2.17. The van der Waals surface area contributed by atoms with Gasteiger partial charge in [0.1, 0.15) is 5.82 Å². The van der Waals surface area contributed by atoms with Crippen LogP contribution >= 0.6 is 11.6 Å². The molecule has 76 valence electrons. The van der Waals surface area contributed by atoms with Gasteiger partial charge in [0.25, 0.3) is 0 Å². The molecule has 4 nitrogen and oxygen atoms in total. The molecule has 1 aromatic heterocycles. The Morgan fingerprint density at radius 1 is 1.36 bits per heavy atom. The second-order valence-electron chi connectivity index (χ2n) is 3.56. The van der Waals surface area contributed by atoms with Gasteiger partial charge >= 0.3 is 0 Å². The molecular weight excluding hydrogens is 200 g/mol. The predicted octanol–water partition coefficient (Wildman–Crippen LogP) is 0.842. The molecule has 0 aromatic carbocycles. The SMILES string of the molecule is CN(C)c1nc(Cl)nc2c1CNCC2. The summed E-state index contributed by atoms with van der Waals surface area (Å²) in [5.41, 5.74) is 2.25. The first kappa shape index (κ1) is 9.68. The third-order valence-electron chi connectivity index (χ3n) is 2.31. The number of nitrogens with one attached hydrogen (secondary N) is 1. The molecule has 1 N–H and O–H groups in total. The molecule has 2 rings (SSSR count). The topological polar surface area (TPSA) is 41.1 Å². The van der Waals surface area contributed by atoms with Gasteiger partial charge in [0.15, 0.2) is 0 Å². The van der Waals surface area contributed by atoms with Crippen LogP contribution in [-0.2, 0) is 13.0 Å². The minimum Gasteiger partial charge on any atom is -0.362 e. The Bertz CT molecular complexity index is 351. The first-order valence-corrected chi connectivity index (χ1v) is 4.99. The van der Waals surface area contributed by atoms with Crippen LogP contribution in [0.15, 0.2) is 0 Å². The maximum absolute atomic E-state index is 5.86. The lowest BCUT2D eigenvalue weighted by Crippen LogP contribution is -2.28. The van der Waals surface area contributed by atoms with Gasteiger partial charge in [0.05, 0.1) is 5.69 Å². The lowest BCUT2D eigenvalue weighted by molar-refractivity contribution is 0.625. The van der Waals surface area contributed by atoms with Crippen LogP contribution < -0.4 is 10.2 Å². The van der Waals surface area contributed by atoms with Crippen molar-refractivity contribution in [3.05, 3.63) is 16.5 Å². The van der Waals surface area contributed by atoms with E-state index in [2.05, 4.69) is 15.3 Å². The Morgan fingerprint density at radius 2 is 2.14 bits per heavy atom. The van der Waals surface area contributed by atoms with Crippen LogP contribution in [-0.4, -0.2) is 30.6 Å². The summed E-state index contributed by atoms with van der Waals surface area (Å²) in [7, 11) is 3.93. The molecule has 0 atom stereocenters. The summed E-state index contributed by atoms with van der Waals surface area (Å²) in [6, 6.07) is 0. The van der Waals surface area contributed by atoms with E-state index in [1.54, 1.807) is 0 Å². The fourth-order valence-electron chi connectivity index (χ4n) is 1.67. The van der Waals surface area contributed by atoms with Crippen LogP contribution in [0, 0.1) is 0 Å². The molecule has 14 heavy (non-hydrogen) atoms. The second kappa shape index (κ2) is 3.71. The van der Waals surface area contributed by atoms with E-state index in [4.69, 9.17) is 11.6 Å². The van der Waals surface area contributed by atoms with Crippen molar-refractivity contribution in [2.24, 2.45) is 0 Å². The molecule has 5 heteroatoms. The van der Waals surface area contributed by atoms with E-state index in [0.717, 1.165) is 31.0 Å². The average molecular weight is 213 g/mol. The quantitative estimate of drug-likeness (QED) is 0.701. The summed E-state index contributed by atoms with van der Waals surface area (Å²) in [5.74, 6) is 0.923. The Hall–Kier alpha value is -0.870. The van der Waals surface area contributed by atoms with Crippen molar-refractivity contribution in [1.29, 1.82) is 0 Å². The number of anilines is 1. The number of hydrogen-bond acceptors (Lipinski definition) is 4. The normalized spacial score (nSPS) is 15.1. The monoisotopic (exact) mass is 212 g/mol. The molecular formula is C9H13ClN4. The Kier molecular flexibility index (Phi) is 2.56. The van der Waals surface area contributed by atoms with Gasteiger partial charge < -0.3 is 10.2 Å². The van der Waals surface area contributed by atoms with Gasteiger partial charge in [-0.1, -0.05) is 0 Å². The third kappa shape index (κ3) is 1.67. The molecule has 0 fully saturated rings. The maximum Gasteiger partial charge on any atom is 0.224 e. The van der Waals surface area contributed by atoms with Gasteiger partial charge in [-0.05, 0) is 11.6 Å². The zero-order valence-corrected chi connectivity index (χ0v) is 9.10. The molecule has 0 saturated heterocycles. The fraction of sp³-hybridized carbons (Fsp3) is 0.556. The molecule has 0 radical (unpaired) electrons. The zero-order chi connectivity index (χ0) is 10.1. The summed E-state index contributed by atoms with van der Waals surface area (Å²) in [6.45, 7) is 1.80. The maximum atomic E-state index is 5.86. The summed E-state index contributed by atoms with van der Waals surface area (Å²) >= 11 is 5.86. The highest BCUT2D eigenvalue weighted by Crippen LogP contribution is 2.23. The molecule has 0 aliphatic carbocycles. The Balaban J connectivity index is 2.52. The largest absolute Gasteiger partial charge is 0.362 e. The molecule has 0 bridgehead atoms. The average Bonchev–Trinajstić information content (AvgIpc) is 2.16. The van der Waals surface area contributed by atoms with Crippen LogP contribution in [0.1, 0.15) is 11.3 Å². The Labute approximate surface area is 88.3 Å².